The SMILES string of the molecule is CC/C=C\C/C=C\C/C=C\C/C=C\C/C=C\CCCC(=O)OCC(C)(C)[C@@H](OC(=O)c1cccnc1)C(=O)NC(C=N)(NC(=N)N(C)C)C(N)C(=O)O. The Labute approximate surface area is 313 Å². The number of guanidine groups is 1. The second-order valence-electron chi connectivity index (χ2n) is 13.0. The number of esters is 2. The van der Waals surface area contributed by atoms with Gasteiger partial charge in [-0.1, -0.05) is 81.5 Å². The molecule has 0 fully saturated rings. The first kappa shape index (κ1) is 45.7. The van der Waals surface area contributed by atoms with Gasteiger partial charge in [-0.2, -0.15) is 0 Å². The molecule has 0 saturated carbocycles. The number of carbonyl (C=O) groups is 4. The Morgan fingerprint density at radius 1 is 0.962 bits per heavy atom. The number of rotatable bonds is 24. The topological polar surface area (TPSA) is 221 Å². The van der Waals surface area contributed by atoms with Crippen LogP contribution in [0.15, 0.2) is 85.3 Å². The van der Waals surface area contributed by atoms with E-state index in [1.807, 2.05) is 12.2 Å². The highest BCUT2D eigenvalue weighted by Gasteiger charge is 2.47. The summed E-state index contributed by atoms with van der Waals surface area (Å²) in [6.07, 6.45) is 28.6. The van der Waals surface area contributed by atoms with E-state index in [0.717, 1.165) is 32.1 Å². The number of carboxylic acids is 1. The molecule has 1 amide bonds. The fourth-order valence-corrected chi connectivity index (χ4v) is 4.49. The number of pyridine rings is 1. The van der Waals surface area contributed by atoms with Crippen LogP contribution in [0.5, 0.6) is 0 Å². The summed E-state index contributed by atoms with van der Waals surface area (Å²) in [6, 6.07) is 0.986. The number of hydrogen-bond acceptors (Lipinski definition) is 10. The van der Waals surface area contributed by atoms with Crippen molar-refractivity contribution in [2.75, 3.05) is 20.7 Å². The maximum absolute atomic E-state index is 13.9. The minimum Gasteiger partial charge on any atom is -0.480 e. The Morgan fingerprint density at radius 2 is 1.53 bits per heavy atom. The molecule has 0 radical (unpaired) electrons. The Hall–Kier alpha value is -5.37. The van der Waals surface area contributed by atoms with Gasteiger partial charge in [-0.25, -0.2) is 4.79 Å². The molecule has 290 valence electrons. The Kier molecular flexibility index (Phi) is 21.3. The molecule has 0 saturated heterocycles. The standard InChI is InChI=1S/C39H57N7O7/c1-6-7-8-9-10-11-12-13-14-15-16-17-18-19-20-21-22-25-31(47)52-29-38(2,3)33(53-36(51)30-24-23-26-43-27-30)34(48)44-39(28-40,32(41)35(49)50)45-37(42)46(4)5/h7-8,10-11,13-14,16-17,19-20,23-24,26-28,32-33,40H,6,9,12,15,18,21-22,25,29,41H2,1-5H3,(H2,42,45)(H,44,48)(H,49,50)/b8-7-,11-10-,14-13-,17-16-,20-19-,40-28?/t32?,33-,39?/m0/s1. The highest BCUT2D eigenvalue weighted by molar-refractivity contribution is 5.96. The van der Waals surface area contributed by atoms with Crippen LogP contribution in [0.3, 0.4) is 0 Å². The molecule has 14 nitrogen and oxygen atoms in total. The minimum absolute atomic E-state index is 0.0289. The molecule has 0 aliphatic heterocycles. The average molecular weight is 736 g/mol. The smallest absolute Gasteiger partial charge is 0.340 e. The summed E-state index contributed by atoms with van der Waals surface area (Å²) < 4.78 is 11.1. The van der Waals surface area contributed by atoms with Crippen LogP contribution in [-0.4, -0.2) is 89.5 Å². The number of nitrogens with two attached hydrogens (primary N) is 1. The van der Waals surface area contributed by atoms with Crippen molar-refractivity contribution in [1.29, 1.82) is 10.8 Å². The number of unbranched alkanes of at least 4 members (excludes halogenated alkanes) is 1. The van der Waals surface area contributed by atoms with E-state index in [2.05, 4.69) is 71.1 Å². The predicted molar refractivity (Wildman–Crippen MR) is 206 cm³/mol. The number of carboxylic acid groups (broad SMARTS) is 1. The number of allylic oxidation sites excluding steroid dienone is 10. The lowest BCUT2D eigenvalue weighted by atomic mass is 9.86. The zero-order valence-corrected chi connectivity index (χ0v) is 31.5. The summed E-state index contributed by atoms with van der Waals surface area (Å²) in [6.45, 7) is 4.82. The molecular formula is C39H57N7O7. The van der Waals surface area contributed by atoms with Gasteiger partial charge < -0.3 is 41.3 Å². The highest BCUT2D eigenvalue weighted by Crippen LogP contribution is 2.27. The zero-order valence-electron chi connectivity index (χ0n) is 31.5. The Bertz CT molecular complexity index is 1490. The van der Waals surface area contributed by atoms with Crippen LogP contribution in [0.25, 0.3) is 0 Å². The zero-order chi connectivity index (χ0) is 39.7. The molecule has 7 N–H and O–H groups in total. The van der Waals surface area contributed by atoms with Crippen LogP contribution < -0.4 is 16.4 Å². The van der Waals surface area contributed by atoms with Crippen LogP contribution in [0.2, 0.25) is 0 Å². The third-order valence-electron chi connectivity index (χ3n) is 7.67. The summed E-state index contributed by atoms with van der Waals surface area (Å²) in [5, 5.41) is 30.7. The second kappa shape index (κ2) is 24.8. The van der Waals surface area contributed by atoms with Gasteiger partial charge in [-0.15, -0.1) is 0 Å². The summed E-state index contributed by atoms with van der Waals surface area (Å²) in [4.78, 5) is 56.7. The summed E-state index contributed by atoms with van der Waals surface area (Å²) in [5.74, 6) is -4.46. The van der Waals surface area contributed by atoms with Crippen LogP contribution >= 0.6 is 0 Å². The molecule has 0 spiro atoms. The quantitative estimate of drug-likeness (QED) is 0.0206. The van der Waals surface area contributed by atoms with E-state index in [1.165, 1.54) is 57.4 Å². The third kappa shape index (κ3) is 17.6. The van der Waals surface area contributed by atoms with Crippen molar-refractivity contribution < 1.29 is 33.8 Å². The van der Waals surface area contributed by atoms with Crippen molar-refractivity contribution in [3.63, 3.8) is 0 Å². The van der Waals surface area contributed by atoms with Crippen molar-refractivity contribution in [3.8, 4) is 0 Å². The number of aliphatic carboxylic acids is 1. The fourth-order valence-electron chi connectivity index (χ4n) is 4.49. The summed E-state index contributed by atoms with van der Waals surface area (Å²) in [7, 11) is 2.97. The molecule has 0 bridgehead atoms. The number of amides is 1. The van der Waals surface area contributed by atoms with Crippen LogP contribution in [-0.2, 0) is 23.9 Å². The number of nitrogens with one attached hydrogen (secondary N) is 4. The number of ether oxygens (including phenoxy) is 2. The van der Waals surface area contributed by atoms with Crippen molar-refractivity contribution in [2.45, 2.75) is 89.9 Å². The summed E-state index contributed by atoms with van der Waals surface area (Å²) in [5.41, 5.74) is 2.26. The molecule has 1 aromatic rings. The second-order valence-corrected chi connectivity index (χ2v) is 13.0. The minimum atomic E-state index is -2.31. The van der Waals surface area contributed by atoms with E-state index in [4.69, 9.17) is 26.0 Å². The van der Waals surface area contributed by atoms with E-state index in [1.54, 1.807) is 0 Å². The molecule has 53 heavy (non-hydrogen) atoms. The van der Waals surface area contributed by atoms with Gasteiger partial charge in [0, 0.05) is 44.5 Å². The van der Waals surface area contributed by atoms with Crippen molar-refractivity contribution in [3.05, 3.63) is 90.9 Å². The van der Waals surface area contributed by atoms with Gasteiger partial charge in [0.2, 0.25) is 0 Å². The van der Waals surface area contributed by atoms with Gasteiger partial charge in [0.05, 0.1) is 5.56 Å². The predicted octanol–water partition coefficient (Wildman–Crippen LogP) is 5.06. The first-order valence-corrected chi connectivity index (χ1v) is 17.6. The molecule has 1 rings (SSSR count). The van der Waals surface area contributed by atoms with Crippen LogP contribution in [0.1, 0.15) is 82.5 Å². The molecule has 0 aliphatic rings. The lowest BCUT2D eigenvalue weighted by Gasteiger charge is -2.39. The maximum Gasteiger partial charge on any atom is 0.340 e. The largest absolute Gasteiger partial charge is 0.480 e. The normalized spacial score (nSPS) is 14.3. The first-order valence-electron chi connectivity index (χ1n) is 17.6. The summed E-state index contributed by atoms with van der Waals surface area (Å²) >= 11 is 0. The van der Waals surface area contributed by atoms with Crippen molar-refractivity contribution in [1.82, 2.24) is 20.5 Å². The number of carbonyl (C=O) groups excluding carboxylic acids is 3. The van der Waals surface area contributed by atoms with E-state index < -0.39 is 47.0 Å². The van der Waals surface area contributed by atoms with E-state index in [9.17, 15) is 24.3 Å². The molecule has 1 heterocycles. The average Bonchev–Trinajstić information content (AvgIpc) is 3.13. The Balaban J connectivity index is 2.84. The maximum atomic E-state index is 13.9. The fraction of sp³-hybridized carbons (Fsp3) is 0.462. The van der Waals surface area contributed by atoms with Crippen LogP contribution in [0, 0.1) is 16.2 Å². The van der Waals surface area contributed by atoms with Gasteiger partial charge in [-0.3, -0.25) is 24.8 Å². The monoisotopic (exact) mass is 735 g/mol. The van der Waals surface area contributed by atoms with Crippen LogP contribution in [0.4, 0.5) is 0 Å². The molecule has 3 atom stereocenters. The number of nitrogens with zero attached hydrogens (tertiary/aromatic N) is 2. The molecule has 2 unspecified atom stereocenters. The van der Waals surface area contributed by atoms with E-state index in [-0.39, 0.29) is 24.6 Å². The third-order valence-corrected chi connectivity index (χ3v) is 7.67. The Morgan fingerprint density at radius 3 is 2.02 bits per heavy atom. The van der Waals surface area contributed by atoms with Crippen molar-refractivity contribution in [2.24, 2.45) is 11.1 Å². The van der Waals surface area contributed by atoms with Gasteiger partial charge >= 0.3 is 17.9 Å². The molecule has 1 aromatic heterocycles. The van der Waals surface area contributed by atoms with Gasteiger partial charge in [0.25, 0.3) is 5.91 Å². The van der Waals surface area contributed by atoms with E-state index in [0.29, 0.717) is 19.1 Å². The first-order chi connectivity index (χ1) is 25.2. The number of aromatic nitrogens is 1. The molecular weight excluding hydrogens is 678 g/mol. The van der Waals surface area contributed by atoms with Gasteiger partial charge in [0.1, 0.15) is 6.61 Å². The lowest BCUT2D eigenvalue weighted by molar-refractivity contribution is -0.154. The number of hydrogen-bond donors (Lipinski definition) is 6. The van der Waals surface area contributed by atoms with Gasteiger partial charge in [0.15, 0.2) is 23.8 Å². The molecule has 14 heteroatoms. The van der Waals surface area contributed by atoms with Gasteiger partial charge in [-0.05, 0) is 57.1 Å². The van der Waals surface area contributed by atoms with Crippen molar-refractivity contribution >= 4 is 36.0 Å². The molecule has 0 aromatic carbocycles. The lowest BCUT2D eigenvalue weighted by Crippen LogP contribution is -2.75. The highest BCUT2D eigenvalue weighted by atomic mass is 16.6. The van der Waals surface area contributed by atoms with E-state index >= 15 is 0 Å². The molecule has 0 aliphatic carbocycles.